The van der Waals surface area contributed by atoms with Crippen molar-refractivity contribution in [2.24, 2.45) is 0 Å². The van der Waals surface area contributed by atoms with Gasteiger partial charge < -0.3 is 10.1 Å². The third kappa shape index (κ3) is 3.05. The standard InChI is InChI=1S/C17H17BrFNO/c1-21-17-5-3-2-4-14(17)11-8-13(9-11)20-16-7-6-12(19)10-15(16)18/h2-7,10-11,13,20H,8-9H2,1H3. The van der Waals surface area contributed by atoms with Gasteiger partial charge in [0.05, 0.1) is 7.11 Å². The Bertz CT molecular complexity index is 640. The Morgan fingerprint density at radius 1 is 1.19 bits per heavy atom. The average molecular weight is 350 g/mol. The summed E-state index contributed by atoms with van der Waals surface area (Å²) in [5, 5.41) is 3.46. The van der Waals surface area contributed by atoms with E-state index in [0.717, 1.165) is 28.8 Å². The molecule has 1 fully saturated rings. The monoisotopic (exact) mass is 349 g/mol. The molecule has 0 aliphatic heterocycles. The van der Waals surface area contributed by atoms with Gasteiger partial charge in [-0.25, -0.2) is 4.39 Å². The summed E-state index contributed by atoms with van der Waals surface area (Å²) in [4.78, 5) is 0. The number of hydrogen-bond donors (Lipinski definition) is 1. The molecule has 0 heterocycles. The maximum atomic E-state index is 13.1. The quantitative estimate of drug-likeness (QED) is 0.842. The largest absolute Gasteiger partial charge is 0.496 e. The van der Waals surface area contributed by atoms with Crippen molar-refractivity contribution in [3.05, 3.63) is 58.3 Å². The van der Waals surface area contributed by atoms with Gasteiger partial charge in [-0.2, -0.15) is 0 Å². The summed E-state index contributed by atoms with van der Waals surface area (Å²) in [7, 11) is 1.71. The zero-order valence-corrected chi connectivity index (χ0v) is 13.4. The summed E-state index contributed by atoms with van der Waals surface area (Å²) >= 11 is 3.39. The lowest BCUT2D eigenvalue weighted by Crippen LogP contribution is -2.34. The van der Waals surface area contributed by atoms with Crippen LogP contribution in [-0.4, -0.2) is 13.2 Å². The van der Waals surface area contributed by atoms with Crippen LogP contribution in [0, 0.1) is 5.82 Å². The van der Waals surface area contributed by atoms with Crippen LogP contribution in [-0.2, 0) is 0 Å². The highest BCUT2D eigenvalue weighted by atomic mass is 79.9. The van der Waals surface area contributed by atoms with E-state index in [1.165, 1.54) is 17.7 Å². The second-order valence-electron chi connectivity index (χ2n) is 5.38. The minimum absolute atomic E-state index is 0.229. The van der Waals surface area contributed by atoms with Crippen LogP contribution in [0.4, 0.5) is 10.1 Å². The molecule has 110 valence electrons. The number of hydrogen-bond acceptors (Lipinski definition) is 2. The van der Waals surface area contributed by atoms with Crippen LogP contribution in [0.5, 0.6) is 5.75 Å². The van der Waals surface area contributed by atoms with Crippen LogP contribution in [0.1, 0.15) is 24.3 Å². The molecule has 0 radical (unpaired) electrons. The molecular weight excluding hydrogens is 333 g/mol. The van der Waals surface area contributed by atoms with Crippen molar-refractivity contribution < 1.29 is 9.13 Å². The van der Waals surface area contributed by atoms with E-state index in [1.54, 1.807) is 13.2 Å². The molecule has 0 aromatic heterocycles. The molecule has 3 rings (SSSR count). The van der Waals surface area contributed by atoms with Crippen molar-refractivity contribution in [3.63, 3.8) is 0 Å². The minimum atomic E-state index is -0.229. The van der Waals surface area contributed by atoms with Crippen LogP contribution < -0.4 is 10.1 Å². The van der Waals surface area contributed by atoms with E-state index >= 15 is 0 Å². The SMILES string of the molecule is COc1ccccc1C1CC(Nc2ccc(F)cc2Br)C1. The van der Waals surface area contributed by atoms with Crippen LogP contribution in [0.2, 0.25) is 0 Å². The van der Waals surface area contributed by atoms with E-state index in [9.17, 15) is 4.39 Å². The normalized spacial score (nSPS) is 20.7. The highest BCUT2D eigenvalue weighted by molar-refractivity contribution is 9.10. The van der Waals surface area contributed by atoms with Crippen LogP contribution in [0.15, 0.2) is 46.9 Å². The fourth-order valence-corrected chi connectivity index (χ4v) is 3.29. The molecule has 21 heavy (non-hydrogen) atoms. The molecule has 2 nitrogen and oxygen atoms in total. The van der Waals surface area contributed by atoms with E-state index < -0.39 is 0 Å². The molecule has 2 aromatic rings. The highest BCUT2D eigenvalue weighted by Gasteiger charge is 2.32. The van der Waals surface area contributed by atoms with Gasteiger partial charge in [-0.1, -0.05) is 18.2 Å². The zero-order valence-electron chi connectivity index (χ0n) is 11.8. The van der Waals surface area contributed by atoms with Gasteiger partial charge in [0.2, 0.25) is 0 Å². The van der Waals surface area contributed by atoms with Gasteiger partial charge in [0, 0.05) is 16.2 Å². The number of benzene rings is 2. The summed E-state index contributed by atoms with van der Waals surface area (Å²) in [5.41, 5.74) is 2.22. The first-order valence-corrected chi connectivity index (χ1v) is 7.81. The van der Waals surface area contributed by atoms with Gasteiger partial charge in [-0.05, 0) is 64.5 Å². The number of anilines is 1. The lowest BCUT2D eigenvalue weighted by atomic mass is 9.75. The molecule has 1 N–H and O–H groups in total. The Morgan fingerprint density at radius 2 is 1.95 bits per heavy atom. The van der Waals surface area contributed by atoms with E-state index in [4.69, 9.17) is 4.74 Å². The first-order valence-electron chi connectivity index (χ1n) is 7.02. The van der Waals surface area contributed by atoms with Crippen molar-refractivity contribution in [2.45, 2.75) is 24.8 Å². The lowest BCUT2D eigenvalue weighted by Gasteiger charge is -2.37. The fraction of sp³-hybridized carbons (Fsp3) is 0.294. The molecule has 0 atom stereocenters. The average Bonchev–Trinajstić information content (AvgIpc) is 2.44. The van der Waals surface area contributed by atoms with E-state index in [1.807, 2.05) is 12.1 Å². The van der Waals surface area contributed by atoms with Crippen LogP contribution in [0.25, 0.3) is 0 Å². The third-order valence-electron chi connectivity index (χ3n) is 4.01. The van der Waals surface area contributed by atoms with Crippen molar-refractivity contribution in [1.82, 2.24) is 0 Å². The Hall–Kier alpha value is -1.55. The third-order valence-corrected chi connectivity index (χ3v) is 4.66. The fourth-order valence-electron chi connectivity index (χ4n) is 2.82. The minimum Gasteiger partial charge on any atom is -0.496 e. The van der Waals surface area contributed by atoms with Gasteiger partial charge in [-0.15, -0.1) is 0 Å². The molecule has 1 aliphatic rings. The van der Waals surface area contributed by atoms with Gasteiger partial charge in [0.25, 0.3) is 0 Å². The summed E-state index contributed by atoms with van der Waals surface area (Å²) in [6.07, 6.45) is 2.12. The Labute approximate surface area is 132 Å². The summed E-state index contributed by atoms with van der Waals surface area (Å²) in [5.74, 6) is 1.26. The zero-order chi connectivity index (χ0) is 14.8. The number of methoxy groups -OCH3 is 1. The predicted octanol–water partition coefficient (Wildman–Crippen LogP) is 4.95. The second kappa shape index (κ2) is 6.06. The van der Waals surface area contributed by atoms with Gasteiger partial charge in [0.15, 0.2) is 0 Å². The smallest absolute Gasteiger partial charge is 0.124 e. The highest BCUT2D eigenvalue weighted by Crippen LogP contribution is 2.42. The topological polar surface area (TPSA) is 21.3 Å². The Kier molecular flexibility index (Phi) is 4.15. The summed E-state index contributed by atoms with van der Waals surface area (Å²) in [6, 6.07) is 13.3. The molecule has 0 unspecified atom stereocenters. The molecule has 0 saturated heterocycles. The number of rotatable bonds is 4. The Morgan fingerprint density at radius 3 is 2.67 bits per heavy atom. The van der Waals surface area contributed by atoms with Crippen molar-refractivity contribution in [1.29, 1.82) is 0 Å². The van der Waals surface area contributed by atoms with E-state index in [-0.39, 0.29) is 5.82 Å². The van der Waals surface area contributed by atoms with Crippen LogP contribution >= 0.6 is 15.9 Å². The van der Waals surface area contributed by atoms with Gasteiger partial charge in [0.1, 0.15) is 11.6 Å². The van der Waals surface area contributed by atoms with E-state index in [0.29, 0.717) is 12.0 Å². The first kappa shape index (κ1) is 14.4. The number of para-hydroxylation sites is 1. The maximum absolute atomic E-state index is 13.1. The van der Waals surface area contributed by atoms with Gasteiger partial charge >= 0.3 is 0 Å². The number of ether oxygens (including phenoxy) is 1. The lowest BCUT2D eigenvalue weighted by molar-refractivity contribution is 0.349. The summed E-state index contributed by atoms with van der Waals surface area (Å²) < 4.78 is 19.3. The number of halogens is 2. The molecule has 0 bridgehead atoms. The first-order chi connectivity index (χ1) is 10.2. The second-order valence-corrected chi connectivity index (χ2v) is 6.23. The Balaban J connectivity index is 1.63. The van der Waals surface area contributed by atoms with Crippen LogP contribution in [0.3, 0.4) is 0 Å². The molecular formula is C17H17BrFNO. The van der Waals surface area contributed by atoms with Crippen molar-refractivity contribution >= 4 is 21.6 Å². The predicted molar refractivity (Wildman–Crippen MR) is 86.5 cm³/mol. The van der Waals surface area contributed by atoms with Crippen molar-refractivity contribution in [2.75, 3.05) is 12.4 Å². The number of nitrogens with one attached hydrogen (secondary N) is 1. The molecule has 0 amide bonds. The van der Waals surface area contributed by atoms with Crippen molar-refractivity contribution in [3.8, 4) is 5.75 Å². The maximum Gasteiger partial charge on any atom is 0.124 e. The molecule has 4 heteroatoms. The van der Waals surface area contributed by atoms with E-state index in [2.05, 4.69) is 33.4 Å². The molecule has 1 saturated carbocycles. The molecule has 2 aromatic carbocycles. The molecule has 1 aliphatic carbocycles. The van der Waals surface area contributed by atoms with Gasteiger partial charge in [-0.3, -0.25) is 0 Å². The summed E-state index contributed by atoms with van der Waals surface area (Å²) in [6.45, 7) is 0. The molecule has 0 spiro atoms.